The Labute approximate surface area is 110 Å². The van der Waals surface area contributed by atoms with Crippen LogP contribution in [0, 0.1) is 29.6 Å². The average molecular weight is 289 g/mol. The first-order valence-corrected chi connectivity index (χ1v) is 6.41. The molecule has 2 nitrogen and oxygen atoms in total. The van der Waals surface area contributed by atoms with Crippen LogP contribution in [0.25, 0.3) is 0 Å². The van der Waals surface area contributed by atoms with E-state index in [9.17, 15) is 0 Å². The summed E-state index contributed by atoms with van der Waals surface area (Å²) in [7, 11) is 0. The fourth-order valence-electron chi connectivity index (χ4n) is 1.80. The number of nitrogens with zero attached hydrogens (tertiary/aromatic N) is 2. The normalized spacial score (nSPS) is 13.8. The lowest BCUT2D eigenvalue weighted by Gasteiger charge is -2.22. The number of hydrogen-bond donors (Lipinski definition) is 0. The molecule has 1 aliphatic rings. The van der Waals surface area contributed by atoms with Crippen LogP contribution in [-0.2, 0) is 0 Å². The molecule has 0 unspecified atom stereocenters. The van der Waals surface area contributed by atoms with Crippen LogP contribution in [-0.4, -0.2) is 13.1 Å². The van der Waals surface area contributed by atoms with E-state index >= 15 is 0 Å². The number of halogens is 1. The predicted octanol–water partition coefficient (Wildman–Crippen LogP) is 3.17. The maximum absolute atomic E-state index is 8.96. The molecule has 3 heteroatoms. The fraction of sp³-hybridized carbons (Fsp3) is 0.357. The number of anilines is 1. The summed E-state index contributed by atoms with van der Waals surface area (Å²) >= 11 is 3.43. The molecule has 1 fully saturated rings. The monoisotopic (exact) mass is 288 g/mol. The molecular weight excluding hydrogens is 276 g/mol. The van der Waals surface area contributed by atoms with Crippen LogP contribution in [0.3, 0.4) is 0 Å². The minimum atomic E-state index is 0.595. The number of rotatable bonds is 4. The highest BCUT2D eigenvalue weighted by atomic mass is 79.9. The van der Waals surface area contributed by atoms with Crippen molar-refractivity contribution < 1.29 is 0 Å². The summed E-state index contributed by atoms with van der Waals surface area (Å²) in [4.78, 5) is 2.17. The van der Waals surface area contributed by atoms with Crippen molar-refractivity contribution in [2.75, 3.05) is 18.0 Å². The van der Waals surface area contributed by atoms with Gasteiger partial charge in [-0.2, -0.15) is 5.26 Å². The van der Waals surface area contributed by atoms with Gasteiger partial charge in [0.1, 0.15) is 0 Å². The SMILES string of the molecule is C#CCN(CC1CC1)c1cc(Br)cc(C#N)c1. The van der Waals surface area contributed by atoms with Crippen LogP contribution in [0.2, 0.25) is 0 Å². The first-order valence-electron chi connectivity index (χ1n) is 5.62. The van der Waals surface area contributed by atoms with Gasteiger partial charge < -0.3 is 4.90 Å². The molecule has 0 atom stereocenters. The molecule has 17 heavy (non-hydrogen) atoms. The second-order valence-corrected chi connectivity index (χ2v) is 5.25. The Balaban J connectivity index is 2.24. The summed E-state index contributed by atoms with van der Waals surface area (Å²) < 4.78 is 0.921. The minimum absolute atomic E-state index is 0.595. The highest BCUT2D eigenvalue weighted by molar-refractivity contribution is 9.10. The van der Waals surface area contributed by atoms with Crippen molar-refractivity contribution in [1.82, 2.24) is 0 Å². The molecule has 0 aliphatic heterocycles. The molecule has 0 bridgehead atoms. The van der Waals surface area contributed by atoms with Crippen LogP contribution >= 0.6 is 15.9 Å². The molecule has 2 rings (SSSR count). The summed E-state index contributed by atoms with van der Waals surface area (Å²) in [5.74, 6) is 3.46. The summed E-state index contributed by atoms with van der Waals surface area (Å²) in [6.07, 6.45) is 7.99. The molecule has 1 aliphatic carbocycles. The van der Waals surface area contributed by atoms with Gasteiger partial charge in [0.2, 0.25) is 0 Å². The molecule has 0 amide bonds. The van der Waals surface area contributed by atoms with Gasteiger partial charge in [0.05, 0.1) is 18.2 Å². The topological polar surface area (TPSA) is 27.0 Å². The minimum Gasteiger partial charge on any atom is -0.360 e. The molecule has 86 valence electrons. The summed E-state index contributed by atoms with van der Waals surface area (Å²) in [6, 6.07) is 7.89. The van der Waals surface area contributed by atoms with Crippen molar-refractivity contribution in [2.45, 2.75) is 12.8 Å². The van der Waals surface area contributed by atoms with Crippen molar-refractivity contribution in [3.63, 3.8) is 0 Å². The molecule has 1 aromatic rings. The van der Waals surface area contributed by atoms with Crippen LogP contribution < -0.4 is 4.90 Å². The third-order valence-corrected chi connectivity index (χ3v) is 3.29. The first kappa shape index (κ1) is 12.0. The van der Waals surface area contributed by atoms with Crippen molar-refractivity contribution in [3.8, 4) is 18.4 Å². The average Bonchev–Trinajstić information content (AvgIpc) is 3.11. The van der Waals surface area contributed by atoms with E-state index in [1.54, 1.807) is 0 Å². The zero-order valence-corrected chi connectivity index (χ0v) is 11.1. The van der Waals surface area contributed by atoms with E-state index in [0.717, 1.165) is 22.6 Å². The smallest absolute Gasteiger partial charge is 0.0992 e. The summed E-state index contributed by atoms with van der Waals surface area (Å²) in [5.41, 5.74) is 1.69. The maximum atomic E-state index is 8.96. The summed E-state index contributed by atoms with van der Waals surface area (Å²) in [5, 5.41) is 8.96. The standard InChI is InChI=1S/C14H13BrN2/c1-2-5-17(10-11-3-4-11)14-7-12(9-16)6-13(15)8-14/h1,6-8,11H,3-5,10H2. The molecule has 0 heterocycles. The van der Waals surface area contributed by atoms with Crippen LogP contribution in [0.1, 0.15) is 18.4 Å². The van der Waals surface area contributed by atoms with E-state index in [1.807, 2.05) is 18.2 Å². The highest BCUT2D eigenvalue weighted by Crippen LogP contribution is 2.32. The predicted molar refractivity (Wildman–Crippen MR) is 72.6 cm³/mol. The van der Waals surface area contributed by atoms with E-state index in [0.29, 0.717) is 12.1 Å². The van der Waals surface area contributed by atoms with E-state index in [4.69, 9.17) is 11.7 Å². The van der Waals surface area contributed by atoms with Crippen molar-refractivity contribution >= 4 is 21.6 Å². The van der Waals surface area contributed by atoms with Gasteiger partial charge >= 0.3 is 0 Å². The Bertz CT molecular complexity index is 492. The van der Waals surface area contributed by atoms with Crippen LogP contribution in [0.15, 0.2) is 22.7 Å². The largest absolute Gasteiger partial charge is 0.360 e. The molecule has 0 spiro atoms. The number of benzene rings is 1. The Kier molecular flexibility index (Phi) is 3.71. The Morgan fingerprint density at radius 3 is 2.76 bits per heavy atom. The third-order valence-electron chi connectivity index (χ3n) is 2.83. The van der Waals surface area contributed by atoms with Crippen molar-refractivity contribution in [1.29, 1.82) is 5.26 Å². The molecule has 1 saturated carbocycles. The fourth-order valence-corrected chi connectivity index (χ4v) is 2.29. The number of nitriles is 1. The van der Waals surface area contributed by atoms with E-state index in [-0.39, 0.29) is 0 Å². The first-order chi connectivity index (χ1) is 8.22. The van der Waals surface area contributed by atoms with Gasteiger partial charge in [-0.15, -0.1) is 6.42 Å². The van der Waals surface area contributed by atoms with Gasteiger partial charge in [-0.05, 0) is 37.0 Å². The summed E-state index contributed by atoms with van der Waals surface area (Å²) in [6.45, 7) is 1.59. The highest BCUT2D eigenvalue weighted by Gasteiger charge is 2.24. The van der Waals surface area contributed by atoms with Gasteiger partial charge in [0.15, 0.2) is 0 Å². The zero-order chi connectivity index (χ0) is 12.3. The van der Waals surface area contributed by atoms with E-state index < -0.39 is 0 Å². The van der Waals surface area contributed by atoms with Crippen LogP contribution in [0.4, 0.5) is 5.69 Å². The molecule has 0 saturated heterocycles. The van der Waals surface area contributed by atoms with Gasteiger partial charge in [0, 0.05) is 16.7 Å². The van der Waals surface area contributed by atoms with Gasteiger partial charge in [-0.1, -0.05) is 21.9 Å². The van der Waals surface area contributed by atoms with Gasteiger partial charge in [-0.3, -0.25) is 0 Å². The molecule has 0 N–H and O–H groups in total. The van der Waals surface area contributed by atoms with Crippen LogP contribution in [0.5, 0.6) is 0 Å². The van der Waals surface area contributed by atoms with Crippen molar-refractivity contribution in [2.24, 2.45) is 5.92 Å². The lowest BCUT2D eigenvalue weighted by atomic mass is 10.2. The number of terminal acetylenes is 1. The Morgan fingerprint density at radius 1 is 1.41 bits per heavy atom. The Hall–Kier alpha value is -1.45. The van der Waals surface area contributed by atoms with Gasteiger partial charge in [0.25, 0.3) is 0 Å². The molecule has 0 radical (unpaired) electrons. The van der Waals surface area contributed by atoms with Crippen molar-refractivity contribution in [3.05, 3.63) is 28.2 Å². The van der Waals surface area contributed by atoms with E-state index in [1.165, 1.54) is 12.8 Å². The molecular formula is C14H13BrN2. The Morgan fingerprint density at radius 2 is 2.18 bits per heavy atom. The van der Waals surface area contributed by atoms with Gasteiger partial charge in [-0.25, -0.2) is 0 Å². The zero-order valence-electron chi connectivity index (χ0n) is 9.49. The lowest BCUT2D eigenvalue weighted by molar-refractivity contribution is 0.765. The van der Waals surface area contributed by atoms with E-state index in [2.05, 4.69) is 32.8 Å². The third kappa shape index (κ3) is 3.25. The maximum Gasteiger partial charge on any atom is 0.0992 e. The quantitative estimate of drug-likeness (QED) is 0.796. The molecule has 0 aromatic heterocycles. The lowest BCUT2D eigenvalue weighted by Crippen LogP contribution is -2.26. The second kappa shape index (κ2) is 5.25. The second-order valence-electron chi connectivity index (χ2n) is 4.34. The number of hydrogen-bond acceptors (Lipinski definition) is 2. The molecule has 1 aromatic carbocycles.